The van der Waals surface area contributed by atoms with Gasteiger partial charge in [0.25, 0.3) is 11.8 Å². The van der Waals surface area contributed by atoms with Crippen LogP contribution in [0.5, 0.6) is 11.8 Å². The molecule has 28 heteroatoms. The molecule has 4 unspecified atom stereocenters. The molecule has 2 amide bonds. The second kappa shape index (κ2) is 23.0. The molecule has 28 nitrogen and oxygen atoms in total. The van der Waals surface area contributed by atoms with Crippen molar-refractivity contribution in [2.75, 3.05) is 35.2 Å². The molecule has 2 aromatic carbocycles. The molecule has 0 spiro atoms. The number of nitrogen functional groups attached to an aromatic ring is 2. The summed E-state index contributed by atoms with van der Waals surface area (Å²) in [5, 5.41) is 76.3. The molecule has 20 N–H and O–H groups in total. The molecule has 4 atom stereocenters. The molecular formula is C40H52N20O8. The number of aromatic hydroxyl groups is 2. The number of nitrogens with zero attached hydrogens (tertiary/aromatic N) is 10. The maximum absolute atomic E-state index is 12.5. The van der Waals surface area contributed by atoms with Crippen LogP contribution in [-0.2, 0) is 48.1 Å². The van der Waals surface area contributed by atoms with E-state index in [1.807, 2.05) is 24.3 Å². The van der Waals surface area contributed by atoms with Gasteiger partial charge < -0.3 is 65.5 Å². The lowest BCUT2D eigenvalue weighted by molar-refractivity contribution is -0.140. The minimum atomic E-state index is -1.19. The SMILES string of the molecule is N.N.Nc1nc(O)c2c(n1)NCC(CCc1ccc(C(=O)NC(Cc3nn[nH]n3)C(=O)O)cc1)C2.Nc1nc(O)c2c(n1)NCC(CCc1ccc(C(=O)NC(Cc3nn[nH]n3)C(=O)O)cc1)C2. The Kier molecular flexibility index (Phi) is 17.0. The number of fused-ring (bicyclic) bond motifs is 2. The number of tetrazole rings is 2. The van der Waals surface area contributed by atoms with E-state index in [4.69, 9.17) is 11.5 Å². The number of hydrogen-bond donors (Lipinski definition) is 14. The zero-order chi connectivity index (χ0) is 46.7. The van der Waals surface area contributed by atoms with Crippen LogP contribution in [0.25, 0.3) is 0 Å². The van der Waals surface area contributed by atoms with E-state index in [0.717, 1.165) is 36.8 Å². The van der Waals surface area contributed by atoms with Crippen LogP contribution >= 0.6 is 0 Å². The first-order valence-corrected chi connectivity index (χ1v) is 20.7. The highest BCUT2D eigenvalue weighted by Crippen LogP contribution is 2.33. The molecule has 4 aromatic heterocycles. The minimum absolute atomic E-state index is 0. The average Bonchev–Trinajstić information content (AvgIpc) is 4.03. The first-order valence-electron chi connectivity index (χ1n) is 20.7. The lowest BCUT2D eigenvalue weighted by Crippen LogP contribution is -2.42. The zero-order valence-corrected chi connectivity index (χ0v) is 36.5. The maximum atomic E-state index is 12.5. The van der Waals surface area contributed by atoms with Crippen molar-refractivity contribution >= 4 is 47.3 Å². The number of carbonyl (C=O) groups excluding carboxylic acids is 2. The maximum Gasteiger partial charge on any atom is 0.326 e. The Morgan fingerprint density at radius 2 is 1.00 bits per heavy atom. The number of anilines is 4. The highest BCUT2D eigenvalue weighted by atomic mass is 16.4. The first kappa shape index (κ1) is 50.3. The third-order valence-electron chi connectivity index (χ3n) is 11.0. The number of hydrogen-bond acceptors (Lipinski definition) is 22. The summed E-state index contributed by atoms with van der Waals surface area (Å²) >= 11 is 0. The molecule has 0 saturated carbocycles. The van der Waals surface area contributed by atoms with Crippen LogP contribution in [0.2, 0.25) is 0 Å². The Labute approximate surface area is 386 Å². The molecule has 68 heavy (non-hydrogen) atoms. The van der Waals surface area contributed by atoms with Gasteiger partial charge in [-0.3, -0.25) is 9.59 Å². The highest BCUT2D eigenvalue weighted by Gasteiger charge is 2.27. The fourth-order valence-corrected chi connectivity index (χ4v) is 7.43. The van der Waals surface area contributed by atoms with Gasteiger partial charge in [0.1, 0.15) is 23.7 Å². The number of nitrogens with two attached hydrogens (primary N) is 2. The lowest BCUT2D eigenvalue weighted by Gasteiger charge is -2.25. The van der Waals surface area contributed by atoms with E-state index in [2.05, 4.69) is 82.5 Å². The van der Waals surface area contributed by atoms with Crippen molar-refractivity contribution in [2.24, 2.45) is 11.8 Å². The second-order valence-electron chi connectivity index (χ2n) is 15.6. The molecule has 360 valence electrons. The van der Waals surface area contributed by atoms with E-state index in [9.17, 15) is 39.6 Å². The van der Waals surface area contributed by atoms with E-state index in [0.29, 0.717) is 59.8 Å². The number of aliphatic carboxylic acids is 2. The Balaban J connectivity index is 0.000000247. The molecular weight excluding hydrogens is 889 g/mol. The fourth-order valence-electron chi connectivity index (χ4n) is 7.43. The number of benzene rings is 2. The van der Waals surface area contributed by atoms with Crippen LogP contribution < -0.4 is 45.0 Å². The van der Waals surface area contributed by atoms with Crippen molar-refractivity contribution in [2.45, 2.75) is 63.5 Å². The Bertz CT molecular complexity index is 2460. The molecule has 0 fully saturated rings. The summed E-state index contributed by atoms with van der Waals surface area (Å²) in [7, 11) is 0. The van der Waals surface area contributed by atoms with Gasteiger partial charge in [-0.1, -0.05) is 34.7 Å². The van der Waals surface area contributed by atoms with Crippen LogP contribution in [0.4, 0.5) is 23.5 Å². The van der Waals surface area contributed by atoms with Gasteiger partial charge in [-0.2, -0.15) is 30.4 Å². The van der Waals surface area contributed by atoms with Gasteiger partial charge >= 0.3 is 11.9 Å². The summed E-state index contributed by atoms with van der Waals surface area (Å²) in [5.41, 5.74) is 15.3. The number of H-pyrrole nitrogens is 2. The number of carboxylic acid groups (broad SMARTS) is 2. The normalized spacial score (nSPS) is 15.4. The highest BCUT2D eigenvalue weighted by molar-refractivity contribution is 5.97. The number of rotatable bonds is 16. The summed E-state index contributed by atoms with van der Waals surface area (Å²) in [6, 6.07) is 11.7. The van der Waals surface area contributed by atoms with E-state index in [1.54, 1.807) is 24.3 Å². The van der Waals surface area contributed by atoms with Gasteiger partial charge in [0.2, 0.25) is 23.7 Å². The lowest BCUT2D eigenvalue weighted by atomic mass is 9.90. The number of aromatic amines is 2. The van der Waals surface area contributed by atoms with Crippen LogP contribution in [0.15, 0.2) is 48.5 Å². The Morgan fingerprint density at radius 1 is 0.618 bits per heavy atom. The summed E-state index contributed by atoms with van der Waals surface area (Å²) in [4.78, 5) is 63.8. The quantitative estimate of drug-likeness (QED) is 0.0614. The van der Waals surface area contributed by atoms with E-state index >= 15 is 0 Å². The summed E-state index contributed by atoms with van der Waals surface area (Å²) in [5.74, 6) is -1.40. The molecule has 2 aliphatic rings. The van der Waals surface area contributed by atoms with E-state index in [-0.39, 0.29) is 72.3 Å². The summed E-state index contributed by atoms with van der Waals surface area (Å²) in [6.07, 6.45) is 4.38. The monoisotopic (exact) mass is 940 g/mol. The molecule has 0 bridgehead atoms. The summed E-state index contributed by atoms with van der Waals surface area (Å²) < 4.78 is 0. The van der Waals surface area contributed by atoms with Crippen LogP contribution in [-0.4, -0.2) is 131 Å². The number of aromatic nitrogens is 12. The van der Waals surface area contributed by atoms with Crippen molar-refractivity contribution in [1.82, 2.24) is 84.1 Å². The number of aryl methyl sites for hydroxylation is 2. The van der Waals surface area contributed by atoms with Crippen molar-refractivity contribution in [3.05, 3.63) is 93.6 Å². The molecule has 0 saturated heterocycles. The standard InChI is InChI=1S/2C20H23N9O4.2H3N/c2*21-20-24-16-13(18(31)25-20)7-11(9-22-16)2-1-10-3-5-12(6-4-10)17(30)23-14(19(32)33)8-15-26-28-29-27-15;;/h2*3-6,11,14H,1-2,7-9H2,(H,23,30)(H,32,33)(H,26,27,28,29)(H4,21,22,24,25,31);2*1H3. The third-order valence-corrected chi connectivity index (χ3v) is 11.0. The van der Waals surface area contributed by atoms with Crippen molar-refractivity contribution in [3.63, 3.8) is 0 Å². The number of carboxylic acids is 2. The Hall–Kier alpha value is -8.66. The first-order chi connectivity index (χ1) is 31.8. The van der Waals surface area contributed by atoms with Crippen LogP contribution in [0, 0.1) is 11.8 Å². The van der Waals surface area contributed by atoms with Gasteiger partial charge in [0.05, 0.1) is 11.1 Å². The minimum Gasteiger partial charge on any atom is -0.493 e. The largest absolute Gasteiger partial charge is 0.493 e. The number of carbonyl (C=O) groups is 4. The van der Waals surface area contributed by atoms with E-state index < -0.39 is 35.8 Å². The zero-order valence-electron chi connectivity index (χ0n) is 36.5. The third kappa shape index (κ3) is 13.2. The molecule has 0 aliphatic carbocycles. The van der Waals surface area contributed by atoms with Crippen molar-refractivity contribution in [3.8, 4) is 11.8 Å². The van der Waals surface area contributed by atoms with Gasteiger partial charge in [-0.05, 0) is 85.8 Å². The predicted molar refractivity (Wildman–Crippen MR) is 241 cm³/mol. The van der Waals surface area contributed by atoms with E-state index in [1.165, 1.54) is 0 Å². The molecule has 8 rings (SSSR count). The average molecular weight is 941 g/mol. The Morgan fingerprint density at radius 3 is 1.34 bits per heavy atom. The molecule has 2 aliphatic heterocycles. The smallest absolute Gasteiger partial charge is 0.326 e. The topological polar surface area (TPSA) is 480 Å². The van der Waals surface area contributed by atoms with Crippen molar-refractivity contribution < 1.29 is 39.6 Å². The second-order valence-corrected chi connectivity index (χ2v) is 15.6. The van der Waals surface area contributed by atoms with Gasteiger partial charge in [-0.25, -0.2) is 9.59 Å². The number of nitrogens with one attached hydrogen (secondary N) is 6. The van der Waals surface area contributed by atoms with Crippen LogP contribution in [0.1, 0.15) is 67.5 Å². The molecule has 0 radical (unpaired) electrons. The predicted octanol–water partition coefficient (Wildman–Crippen LogP) is 0.164. The van der Waals surface area contributed by atoms with Gasteiger partial charge in [-0.15, -0.1) is 20.4 Å². The summed E-state index contributed by atoms with van der Waals surface area (Å²) in [6.45, 7) is 1.42. The molecule has 6 heterocycles. The van der Waals surface area contributed by atoms with Crippen LogP contribution in [0.3, 0.4) is 0 Å². The van der Waals surface area contributed by atoms with Gasteiger partial charge in [0.15, 0.2) is 11.6 Å². The van der Waals surface area contributed by atoms with Crippen molar-refractivity contribution in [1.29, 1.82) is 0 Å². The molecule has 6 aromatic rings. The number of amides is 2. The van der Waals surface area contributed by atoms with Gasteiger partial charge in [0, 0.05) is 37.1 Å². The fraction of sp³-hybridized carbons (Fsp3) is 0.350.